The first-order valence-electron chi connectivity index (χ1n) is 8.94. The van der Waals surface area contributed by atoms with Gasteiger partial charge >= 0.3 is 0 Å². The van der Waals surface area contributed by atoms with E-state index in [1.807, 2.05) is 18.2 Å². The maximum Gasteiger partial charge on any atom is 0.228 e. The summed E-state index contributed by atoms with van der Waals surface area (Å²) in [6.07, 6.45) is 5.45. The number of pyridine rings is 1. The molecule has 0 aliphatic carbocycles. The number of benzene rings is 1. The monoisotopic (exact) mass is 339 g/mol. The molecule has 1 saturated heterocycles. The number of hydrogen-bond donors (Lipinski definition) is 2. The lowest BCUT2D eigenvalue weighted by Crippen LogP contribution is -2.28. The number of nitrogens with zero attached hydrogens (tertiary/aromatic N) is 1. The van der Waals surface area contributed by atoms with Gasteiger partial charge in [0.05, 0.1) is 11.9 Å². The van der Waals surface area contributed by atoms with E-state index in [4.69, 9.17) is 4.74 Å². The molecule has 2 N–H and O–H groups in total. The van der Waals surface area contributed by atoms with E-state index < -0.39 is 0 Å². The Morgan fingerprint density at radius 1 is 1.12 bits per heavy atom. The predicted octanol–water partition coefficient (Wildman–Crippen LogP) is 3.49. The summed E-state index contributed by atoms with van der Waals surface area (Å²) < 4.78 is 5.29. The molecule has 2 aromatic rings. The number of carbonyl (C=O) groups is 1. The third-order valence-corrected chi connectivity index (χ3v) is 4.42. The molecule has 1 aromatic carbocycles. The van der Waals surface area contributed by atoms with Crippen molar-refractivity contribution in [1.82, 2.24) is 4.98 Å². The maximum absolute atomic E-state index is 12.2. The summed E-state index contributed by atoms with van der Waals surface area (Å²) in [6.45, 7) is 2.22. The molecule has 3 rings (SSSR count). The smallest absolute Gasteiger partial charge is 0.228 e. The van der Waals surface area contributed by atoms with Crippen molar-refractivity contribution < 1.29 is 9.53 Å². The minimum absolute atomic E-state index is 0.0336. The maximum atomic E-state index is 12.2. The third-order valence-electron chi connectivity index (χ3n) is 4.42. The zero-order chi connectivity index (χ0) is 17.3. The van der Waals surface area contributed by atoms with E-state index >= 15 is 0 Å². The van der Waals surface area contributed by atoms with Gasteiger partial charge in [0.1, 0.15) is 5.82 Å². The Hall–Kier alpha value is -2.40. The van der Waals surface area contributed by atoms with Gasteiger partial charge in [-0.05, 0) is 43.4 Å². The van der Waals surface area contributed by atoms with Crippen LogP contribution < -0.4 is 10.6 Å². The predicted molar refractivity (Wildman–Crippen MR) is 99.7 cm³/mol. The number of rotatable bonds is 7. The fourth-order valence-corrected chi connectivity index (χ4v) is 2.93. The normalized spacial score (nSPS) is 14.9. The summed E-state index contributed by atoms with van der Waals surface area (Å²) in [4.78, 5) is 16.5. The molecule has 0 unspecified atom stereocenters. The minimum atomic E-state index is 0.0336. The number of ether oxygens (including phenoxy) is 1. The van der Waals surface area contributed by atoms with Gasteiger partial charge in [0.2, 0.25) is 5.91 Å². The summed E-state index contributed by atoms with van der Waals surface area (Å²) >= 11 is 0. The lowest BCUT2D eigenvalue weighted by Gasteiger charge is -2.20. The van der Waals surface area contributed by atoms with E-state index in [1.165, 1.54) is 5.56 Å². The van der Waals surface area contributed by atoms with Crippen molar-refractivity contribution in [2.45, 2.75) is 25.7 Å². The Morgan fingerprint density at radius 3 is 2.64 bits per heavy atom. The minimum Gasteiger partial charge on any atom is -0.384 e. The molecule has 0 bridgehead atoms. The molecular formula is C20H25N3O2. The SMILES string of the molecule is O=C(Nc1ccc(NCCCc2ccccc2)cn1)C1CCOCC1. The van der Waals surface area contributed by atoms with Gasteiger partial charge in [-0.3, -0.25) is 4.79 Å². The molecule has 5 heteroatoms. The van der Waals surface area contributed by atoms with Crippen molar-refractivity contribution in [3.05, 3.63) is 54.2 Å². The van der Waals surface area contributed by atoms with Crippen LogP contribution in [0.25, 0.3) is 0 Å². The number of hydrogen-bond acceptors (Lipinski definition) is 4. The van der Waals surface area contributed by atoms with Gasteiger partial charge in [-0.1, -0.05) is 30.3 Å². The van der Waals surface area contributed by atoms with E-state index in [2.05, 4.69) is 39.9 Å². The van der Waals surface area contributed by atoms with E-state index in [0.29, 0.717) is 19.0 Å². The highest BCUT2D eigenvalue weighted by molar-refractivity contribution is 5.91. The lowest BCUT2D eigenvalue weighted by molar-refractivity contribution is -0.122. The second kappa shape index (κ2) is 9.18. The lowest BCUT2D eigenvalue weighted by atomic mass is 9.99. The van der Waals surface area contributed by atoms with Crippen molar-refractivity contribution in [3.8, 4) is 0 Å². The molecule has 0 spiro atoms. The van der Waals surface area contributed by atoms with Crippen LogP contribution in [-0.2, 0) is 16.0 Å². The molecule has 5 nitrogen and oxygen atoms in total. The molecule has 1 aliphatic heterocycles. The van der Waals surface area contributed by atoms with E-state index in [-0.39, 0.29) is 11.8 Å². The summed E-state index contributed by atoms with van der Waals surface area (Å²) in [5.74, 6) is 0.678. The van der Waals surface area contributed by atoms with E-state index in [0.717, 1.165) is 37.9 Å². The van der Waals surface area contributed by atoms with Crippen LogP contribution >= 0.6 is 0 Å². The van der Waals surface area contributed by atoms with E-state index in [1.54, 1.807) is 6.20 Å². The molecular weight excluding hydrogens is 314 g/mol. The summed E-state index contributed by atoms with van der Waals surface area (Å²) in [7, 11) is 0. The third kappa shape index (κ3) is 5.57. The standard InChI is InChI=1S/C20H25N3O2/c24-20(17-10-13-25-14-11-17)23-19-9-8-18(15-22-19)21-12-4-7-16-5-2-1-3-6-16/h1-3,5-6,8-9,15,17,21H,4,7,10-14H2,(H,22,23,24). The summed E-state index contributed by atoms with van der Waals surface area (Å²) in [6, 6.07) is 14.3. The van der Waals surface area contributed by atoms with Gasteiger partial charge in [-0.2, -0.15) is 0 Å². The Labute approximate surface area is 148 Å². The van der Waals surface area contributed by atoms with Crippen LogP contribution in [-0.4, -0.2) is 30.6 Å². The molecule has 1 aromatic heterocycles. The van der Waals surface area contributed by atoms with Crippen molar-refractivity contribution >= 4 is 17.4 Å². The van der Waals surface area contributed by atoms with Gasteiger partial charge in [-0.15, -0.1) is 0 Å². The Balaban J connectivity index is 1.40. The Bertz CT molecular complexity index is 652. The van der Waals surface area contributed by atoms with Gasteiger partial charge in [0, 0.05) is 25.7 Å². The first-order valence-corrected chi connectivity index (χ1v) is 8.94. The van der Waals surface area contributed by atoms with Gasteiger partial charge < -0.3 is 15.4 Å². The molecule has 1 amide bonds. The number of amides is 1. The topological polar surface area (TPSA) is 63.2 Å². The fraction of sp³-hybridized carbons (Fsp3) is 0.400. The number of aryl methyl sites for hydroxylation is 1. The van der Waals surface area contributed by atoms with Crippen molar-refractivity contribution in [3.63, 3.8) is 0 Å². The van der Waals surface area contributed by atoms with E-state index in [9.17, 15) is 4.79 Å². The molecule has 0 saturated carbocycles. The highest BCUT2D eigenvalue weighted by Crippen LogP contribution is 2.17. The molecule has 1 fully saturated rings. The largest absolute Gasteiger partial charge is 0.384 e. The summed E-state index contributed by atoms with van der Waals surface area (Å²) in [5, 5.41) is 6.26. The second-order valence-electron chi connectivity index (χ2n) is 6.32. The van der Waals surface area contributed by atoms with Gasteiger partial charge in [0.25, 0.3) is 0 Å². The quantitative estimate of drug-likeness (QED) is 0.758. The number of nitrogens with one attached hydrogen (secondary N) is 2. The molecule has 0 radical (unpaired) electrons. The zero-order valence-electron chi connectivity index (χ0n) is 14.4. The molecule has 2 heterocycles. The van der Waals surface area contributed by atoms with Crippen molar-refractivity contribution in [1.29, 1.82) is 0 Å². The number of carbonyl (C=O) groups excluding carboxylic acids is 1. The number of aromatic nitrogens is 1. The molecule has 132 valence electrons. The first-order chi connectivity index (χ1) is 12.3. The highest BCUT2D eigenvalue weighted by Gasteiger charge is 2.21. The van der Waals surface area contributed by atoms with Gasteiger partial charge in [-0.25, -0.2) is 4.98 Å². The number of anilines is 2. The summed E-state index contributed by atoms with van der Waals surface area (Å²) in [5.41, 5.74) is 2.32. The van der Waals surface area contributed by atoms with Crippen molar-refractivity contribution in [2.75, 3.05) is 30.4 Å². The first kappa shape index (κ1) is 17.4. The van der Waals surface area contributed by atoms with Crippen LogP contribution in [0, 0.1) is 5.92 Å². The molecule has 1 aliphatic rings. The Kier molecular flexibility index (Phi) is 6.40. The van der Waals surface area contributed by atoms with Crippen LogP contribution in [0.2, 0.25) is 0 Å². The van der Waals surface area contributed by atoms with Crippen LogP contribution in [0.1, 0.15) is 24.8 Å². The average molecular weight is 339 g/mol. The average Bonchev–Trinajstić information content (AvgIpc) is 2.68. The van der Waals surface area contributed by atoms with Crippen LogP contribution in [0.15, 0.2) is 48.7 Å². The van der Waals surface area contributed by atoms with Crippen LogP contribution in [0.4, 0.5) is 11.5 Å². The molecule has 25 heavy (non-hydrogen) atoms. The zero-order valence-corrected chi connectivity index (χ0v) is 14.4. The van der Waals surface area contributed by atoms with Crippen LogP contribution in [0.3, 0.4) is 0 Å². The second-order valence-corrected chi connectivity index (χ2v) is 6.32. The van der Waals surface area contributed by atoms with Crippen molar-refractivity contribution in [2.24, 2.45) is 5.92 Å². The molecule has 0 atom stereocenters. The van der Waals surface area contributed by atoms with Gasteiger partial charge in [0.15, 0.2) is 0 Å². The highest BCUT2D eigenvalue weighted by atomic mass is 16.5. The Morgan fingerprint density at radius 2 is 1.92 bits per heavy atom. The fourth-order valence-electron chi connectivity index (χ4n) is 2.93. The van der Waals surface area contributed by atoms with Crippen LogP contribution in [0.5, 0.6) is 0 Å².